The van der Waals surface area contributed by atoms with E-state index < -0.39 is 192 Å². The van der Waals surface area contributed by atoms with Crippen LogP contribution in [0.5, 0.6) is 0 Å². The molecule has 7 heterocycles. The van der Waals surface area contributed by atoms with Crippen LogP contribution >= 0.6 is 0 Å². The first kappa shape index (κ1) is 63.2. The standard InChI is InChI=1S/C56H90O27/c1-20-8-11-56(73-18-20)21(2)34-30(83-56)13-26-24-7-6-23-12-29(27(60)14-55(23,5)25(24)9-10-54(26,34)4)75-51-43(70)40(67)45(33(17-59)78-51)79-53-48(47(38(65)32(16-58)77-53)81-49-41(68)36(63)28(61)19-72-49)82-52-44(71)46(37(64)31(15-57)76-52)80-50-42(69)39(66)35(62)22(3)74-50/h6,20-22,24-53,57-71H,7-19H2,1-5H3/t20-,21+,22+,24-,25+,26+,27-,28-,29-,30+,31-,32-,33-,34+,35+,36+,37-,38-,39-,40-,41-,42-,43-,44-,45+,46+,47+,48-,49+,50+,51-,52+,53+,54+,55+,56-/m1/s1. The molecule has 10 fully saturated rings. The van der Waals surface area contributed by atoms with Gasteiger partial charge in [0.1, 0.15) is 110 Å². The maximum Gasteiger partial charge on any atom is 0.187 e. The number of hydrogen-bond acceptors (Lipinski definition) is 27. The van der Waals surface area contributed by atoms with E-state index in [1.165, 1.54) is 6.92 Å². The van der Waals surface area contributed by atoms with Gasteiger partial charge in [0.05, 0.1) is 57.5 Å². The average molecular weight is 1200 g/mol. The molecule has 1 spiro atoms. The van der Waals surface area contributed by atoms with Crippen molar-refractivity contribution >= 4 is 0 Å². The molecule has 0 bridgehead atoms. The van der Waals surface area contributed by atoms with Gasteiger partial charge in [-0.1, -0.05) is 39.3 Å². The van der Waals surface area contributed by atoms with Gasteiger partial charge in [-0.15, -0.1) is 0 Å². The molecule has 7 saturated heterocycles. The highest BCUT2D eigenvalue weighted by molar-refractivity contribution is 5.27. The van der Waals surface area contributed by atoms with Crippen LogP contribution in [0.15, 0.2) is 11.6 Å². The molecule has 27 nitrogen and oxygen atoms in total. The largest absolute Gasteiger partial charge is 0.394 e. The number of rotatable bonds is 13. The van der Waals surface area contributed by atoms with E-state index in [1.54, 1.807) is 0 Å². The quantitative estimate of drug-likeness (QED) is 0.0773. The lowest BCUT2D eigenvalue weighted by molar-refractivity contribution is -0.409. The van der Waals surface area contributed by atoms with Crippen LogP contribution in [0.4, 0.5) is 0 Å². The van der Waals surface area contributed by atoms with Gasteiger partial charge in [-0.05, 0) is 92.3 Å². The first-order valence-electron chi connectivity index (χ1n) is 29.9. The third kappa shape index (κ3) is 11.0. The van der Waals surface area contributed by atoms with Crippen molar-refractivity contribution in [3.8, 4) is 0 Å². The molecule has 0 radical (unpaired) electrons. The molecular formula is C56H90O27. The van der Waals surface area contributed by atoms with Crippen LogP contribution in [0.1, 0.15) is 86.0 Å². The van der Waals surface area contributed by atoms with Gasteiger partial charge < -0.3 is 133 Å². The topological polar surface area (TPSA) is 414 Å². The highest BCUT2D eigenvalue weighted by Crippen LogP contribution is 2.71. The first-order chi connectivity index (χ1) is 39.4. The Morgan fingerprint density at radius 1 is 0.542 bits per heavy atom. The van der Waals surface area contributed by atoms with Crippen LogP contribution in [0.3, 0.4) is 0 Å². The molecule has 36 atom stereocenters. The molecule has 83 heavy (non-hydrogen) atoms. The van der Waals surface area contributed by atoms with Gasteiger partial charge in [0.2, 0.25) is 0 Å². The fourth-order valence-corrected chi connectivity index (χ4v) is 16.8. The smallest absolute Gasteiger partial charge is 0.187 e. The lowest BCUT2D eigenvalue weighted by Crippen LogP contribution is -2.69. The minimum absolute atomic E-state index is 0.0776. The Labute approximate surface area is 480 Å². The van der Waals surface area contributed by atoms with E-state index in [1.807, 2.05) is 0 Å². The molecule has 0 aromatic heterocycles. The highest BCUT2D eigenvalue weighted by atomic mass is 16.8. The van der Waals surface area contributed by atoms with E-state index in [-0.39, 0.29) is 28.8 Å². The molecule has 0 amide bonds. The van der Waals surface area contributed by atoms with Crippen LogP contribution in [0.2, 0.25) is 0 Å². The Morgan fingerprint density at radius 2 is 1.14 bits per heavy atom. The van der Waals surface area contributed by atoms with Crippen molar-refractivity contribution in [2.75, 3.05) is 33.0 Å². The number of aliphatic hydroxyl groups is 15. The Hall–Kier alpha value is -1.34. The van der Waals surface area contributed by atoms with E-state index >= 15 is 0 Å². The molecule has 0 aromatic rings. The summed E-state index contributed by atoms with van der Waals surface area (Å²) in [6.07, 6.45) is -36.6. The number of ether oxygens (including phenoxy) is 12. The molecule has 0 unspecified atom stereocenters. The van der Waals surface area contributed by atoms with Crippen molar-refractivity contribution < 1.29 is 133 Å². The zero-order valence-corrected chi connectivity index (χ0v) is 47.4. The Bertz CT molecular complexity index is 2230. The van der Waals surface area contributed by atoms with Crippen LogP contribution in [0, 0.1) is 46.3 Å². The van der Waals surface area contributed by atoms with Crippen molar-refractivity contribution in [1.29, 1.82) is 0 Å². The van der Waals surface area contributed by atoms with Gasteiger partial charge in [-0.25, -0.2) is 0 Å². The molecule has 11 aliphatic rings. The van der Waals surface area contributed by atoms with Crippen molar-refractivity contribution in [2.45, 2.75) is 258 Å². The Balaban J connectivity index is 0.802. The monoisotopic (exact) mass is 1190 g/mol. The van der Waals surface area contributed by atoms with Crippen molar-refractivity contribution in [3.05, 3.63) is 11.6 Å². The summed E-state index contributed by atoms with van der Waals surface area (Å²) in [6.45, 7) is 7.94. The second-order valence-electron chi connectivity index (χ2n) is 26.4. The lowest BCUT2D eigenvalue weighted by atomic mass is 9.46. The third-order valence-corrected chi connectivity index (χ3v) is 21.6. The van der Waals surface area contributed by atoms with Gasteiger partial charge >= 0.3 is 0 Å². The number of fused-ring (bicyclic) bond motifs is 7. The van der Waals surface area contributed by atoms with Crippen LogP contribution in [-0.4, -0.2) is 281 Å². The normalized spacial score (nSPS) is 57.3. The van der Waals surface area contributed by atoms with Crippen molar-refractivity contribution in [3.63, 3.8) is 0 Å². The molecule has 4 aliphatic carbocycles. The molecule has 27 heteroatoms. The van der Waals surface area contributed by atoms with E-state index in [0.29, 0.717) is 43.1 Å². The molecule has 15 N–H and O–H groups in total. The Kier molecular flexibility index (Phi) is 18.6. The second kappa shape index (κ2) is 24.5. The second-order valence-corrected chi connectivity index (χ2v) is 26.4. The van der Waals surface area contributed by atoms with Crippen molar-refractivity contribution in [1.82, 2.24) is 0 Å². The summed E-state index contributed by atoms with van der Waals surface area (Å²) < 4.78 is 73.2. The Morgan fingerprint density at radius 3 is 1.83 bits per heavy atom. The summed E-state index contributed by atoms with van der Waals surface area (Å²) in [5.41, 5.74) is 0.846. The fourth-order valence-electron chi connectivity index (χ4n) is 16.8. The van der Waals surface area contributed by atoms with E-state index in [0.717, 1.165) is 44.1 Å². The van der Waals surface area contributed by atoms with Crippen LogP contribution in [0.25, 0.3) is 0 Å². The minimum atomic E-state index is -2.14. The minimum Gasteiger partial charge on any atom is -0.394 e. The number of allylic oxidation sites excluding steroid dienone is 1. The molecule has 11 rings (SSSR count). The summed E-state index contributed by atoms with van der Waals surface area (Å²) >= 11 is 0. The predicted molar refractivity (Wildman–Crippen MR) is 275 cm³/mol. The summed E-state index contributed by atoms with van der Waals surface area (Å²) in [7, 11) is 0. The highest BCUT2D eigenvalue weighted by Gasteiger charge is 2.69. The van der Waals surface area contributed by atoms with Gasteiger partial charge in [-0.2, -0.15) is 0 Å². The van der Waals surface area contributed by atoms with Crippen molar-refractivity contribution in [2.24, 2.45) is 46.3 Å². The molecule has 7 aliphatic heterocycles. The van der Waals surface area contributed by atoms with Gasteiger partial charge in [-0.3, -0.25) is 0 Å². The summed E-state index contributed by atoms with van der Waals surface area (Å²) in [5.74, 6) is 1.76. The number of hydrogen-bond donors (Lipinski definition) is 15. The molecular weight excluding hydrogens is 1100 g/mol. The summed E-state index contributed by atoms with van der Waals surface area (Å²) in [5, 5.41) is 166. The van der Waals surface area contributed by atoms with Gasteiger partial charge in [0.25, 0.3) is 0 Å². The molecule has 0 aromatic carbocycles. The first-order valence-corrected chi connectivity index (χ1v) is 29.9. The SMILES string of the molecule is C[C@@H]1CC[C@@]2(OC1)O[C@H]1C[C@H]3[C@@H]4CC=C5C[C@@H](O[C@@H]6O[C@H](CO)[C@H](O[C@@H]7O[C@H](CO)[C@@H](O)[C@H](O[C@@H]8OC[C@@H](O)[C@H](O)[C@H]8O)[C@H]7O[C@@H]7O[C@H](CO)[C@@H](O)[C@H](O[C@@H]8O[C@@H](C)[C@H](O)[C@@H](O)[C@H]8O)[C@H]7O)[C@H](O)[C@H]6O)[C@H](O)C[C@]5(C)[C@H]4CC[C@]3(C)[C@H]1[C@@H]2C. The maximum atomic E-state index is 12.0. The fraction of sp³-hybridized carbons (Fsp3) is 0.964. The average Bonchev–Trinajstić information content (AvgIpc) is 3.96. The lowest BCUT2D eigenvalue weighted by Gasteiger charge is -2.59. The number of aliphatic hydroxyl groups excluding tert-OH is 15. The van der Waals surface area contributed by atoms with Gasteiger partial charge in [0.15, 0.2) is 37.2 Å². The zero-order chi connectivity index (χ0) is 59.5. The van der Waals surface area contributed by atoms with E-state index in [4.69, 9.17) is 56.8 Å². The maximum absolute atomic E-state index is 12.0. The predicted octanol–water partition coefficient (Wildman–Crippen LogP) is -4.53. The van der Waals surface area contributed by atoms with Crippen LogP contribution in [-0.2, 0) is 56.8 Å². The van der Waals surface area contributed by atoms with Gasteiger partial charge in [0, 0.05) is 12.3 Å². The van der Waals surface area contributed by atoms with Crippen LogP contribution < -0.4 is 0 Å². The summed E-state index contributed by atoms with van der Waals surface area (Å²) in [4.78, 5) is 0. The molecule has 476 valence electrons. The van der Waals surface area contributed by atoms with E-state index in [9.17, 15) is 76.6 Å². The zero-order valence-electron chi connectivity index (χ0n) is 47.4. The third-order valence-electron chi connectivity index (χ3n) is 21.6. The van der Waals surface area contributed by atoms with E-state index in [2.05, 4.69) is 33.8 Å². The molecule has 3 saturated carbocycles. The summed E-state index contributed by atoms with van der Waals surface area (Å²) in [6, 6.07) is 0.